The normalized spacial score (nSPS) is 25.1. The van der Waals surface area contributed by atoms with Crippen LogP contribution < -0.4 is 0 Å². The van der Waals surface area contributed by atoms with E-state index in [1.165, 1.54) is 22.1 Å². The first kappa shape index (κ1) is 17.7. The van der Waals surface area contributed by atoms with Gasteiger partial charge in [0.25, 0.3) is 0 Å². The molecule has 4 rings (SSSR count). The Labute approximate surface area is 160 Å². The number of aliphatic imine (C=N–C) groups is 1. The molecular formula is C21H28N4S. The van der Waals surface area contributed by atoms with Gasteiger partial charge < -0.3 is 9.47 Å². The number of thioether (sulfide) groups is 1. The van der Waals surface area contributed by atoms with Crippen LogP contribution in [0.25, 0.3) is 0 Å². The quantitative estimate of drug-likeness (QED) is 0.756. The van der Waals surface area contributed by atoms with E-state index in [9.17, 15) is 0 Å². The van der Waals surface area contributed by atoms with Crippen molar-refractivity contribution in [2.75, 3.05) is 5.75 Å². The number of amidine groups is 1. The van der Waals surface area contributed by atoms with E-state index in [1.807, 2.05) is 24.0 Å². The first-order valence-electron chi connectivity index (χ1n) is 9.61. The number of fused-ring (bicyclic) bond motifs is 1. The van der Waals surface area contributed by atoms with Crippen molar-refractivity contribution in [3.05, 3.63) is 53.1 Å². The van der Waals surface area contributed by atoms with Crippen LogP contribution in [0.4, 0.5) is 0 Å². The third-order valence-corrected chi connectivity index (χ3v) is 6.81. The van der Waals surface area contributed by atoms with Crippen LogP contribution in [-0.4, -0.2) is 31.4 Å². The van der Waals surface area contributed by atoms with E-state index in [-0.39, 0.29) is 12.1 Å². The number of aryl methyl sites for hydroxylation is 1. The largest absolute Gasteiger partial charge is 0.346 e. The lowest BCUT2D eigenvalue weighted by Gasteiger charge is -2.32. The maximum Gasteiger partial charge on any atom is 0.160 e. The molecule has 1 saturated heterocycles. The van der Waals surface area contributed by atoms with Crippen LogP contribution in [0.5, 0.6) is 0 Å². The van der Waals surface area contributed by atoms with E-state index in [0.717, 1.165) is 17.9 Å². The molecule has 0 bridgehead atoms. The van der Waals surface area contributed by atoms with E-state index >= 15 is 0 Å². The number of hydrogen-bond donors (Lipinski definition) is 0. The summed E-state index contributed by atoms with van der Waals surface area (Å²) < 4.78 is 2.45. The minimum Gasteiger partial charge on any atom is -0.346 e. The van der Waals surface area contributed by atoms with Gasteiger partial charge in [-0.05, 0) is 57.9 Å². The second kappa shape index (κ2) is 6.76. The molecule has 0 saturated carbocycles. The highest BCUT2D eigenvalue weighted by molar-refractivity contribution is 8.14. The highest BCUT2D eigenvalue weighted by atomic mass is 32.2. The maximum atomic E-state index is 5.13. The van der Waals surface area contributed by atoms with Crippen molar-refractivity contribution >= 4 is 16.9 Å². The molecule has 0 amide bonds. The molecule has 138 valence electrons. The van der Waals surface area contributed by atoms with Gasteiger partial charge in [0.05, 0.1) is 11.7 Å². The Balaban J connectivity index is 1.84. The Hall–Kier alpha value is -1.75. The molecule has 5 heteroatoms. The van der Waals surface area contributed by atoms with E-state index in [0.29, 0.717) is 12.1 Å². The van der Waals surface area contributed by atoms with Gasteiger partial charge in [-0.2, -0.15) is 0 Å². The van der Waals surface area contributed by atoms with Gasteiger partial charge in [0, 0.05) is 35.4 Å². The molecule has 2 aromatic heterocycles. The minimum atomic E-state index is 0.0779. The summed E-state index contributed by atoms with van der Waals surface area (Å²) in [6, 6.07) is 9.91. The Kier molecular flexibility index (Phi) is 4.59. The second-order valence-electron chi connectivity index (χ2n) is 7.63. The Morgan fingerprint density at radius 1 is 1.27 bits per heavy atom. The number of rotatable bonds is 4. The van der Waals surface area contributed by atoms with Crippen molar-refractivity contribution < 1.29 is 0 Å². The van der Waals surface area contributed by atoms with Crippen LogP contribution in [0.1, 0.15) is 68.0 Å². The van der Waals surface area contributed by atoms with Gasteiger partial charge in [-0.3, -0.25) is 9.98 Å². The fourth-order valence-electron chi connectivity index (χ4n) is 4.58. The molecule has 0 radical (unpaired) electrons. The predicted octanol–water partition coefficient (Wildman–Crippen LogP) is 5.06. The van der Waals surface area contributed by atoms with Crippen LogP contribution in [0.3, 0.4) is 0 Å². The highest BCUT2D eigenvalue weighted by Gasteiger charge is 2.46. The van der Waals surface area contributed by atoms with Crippen molar-refractivity contribution in [3.63, 3.8) is 0 Å². The monoisotopic (exact) mass is 368 g/mol. The van der Waals surface area contributed by atoms with E-state index < -0.39 is 0 Å². The molecular weight excluding hydrogens is 340 g/mol. The van der Waals surface area contributed by atoms with Gasteiger partial charge >= 0.3 is 0 Å². The molecule has 1 fully saturated rings. The average molecular weight is 369 g/mol. The van der Waals surface area contributed by atoms with Crippen molar-refractivity contribution in [1.82, 2.24) is 14.5 Å². The molecule has 0 unspecified atom stereocenters. The molecule has 0 spiro atoms. The summed E-state index contributed by atoms with van der Waals surface area (Å²) in [7, 11) is 0. The highest BCUT2D eigenvalue weighted by Crippen LogP contribution is 2.49. The van der Waals surface area contributed by atoms with Crippen LogP contribution in [0, 0.1) is 13.8 Å². The summed E-state index contributed by atoms with van der Waals surface area (Å²) in [5, 5.41) is 1.20. The van der Waals surface area contributed by atoms with E-state index in [2.05, 4.69) is 67.3 Å². The smallest absolute Gasteiger partial charge is 0.160 e. The molecule has 0 aromatic carbocycles. The van der Waals surface area contributed by atoms with Crippen molar-refractivity contribution in [2.24, 2.45) is 4.99 Å². The third kappa shape index (κ3) is 2.68. The zero-order valence-electron chi connectivity index (χ0n) is 16.3. The summed E-state index contributed by atoms with van der Waals surface area (Å²) in [6.07, 6.45) is 3.04. The maximum absolute atomic E-state index is 5.13. The molecule has 2 aromatic rings. The zero-order chi connectivity index (χ0) is 18.4. The first-order chi connectivity index (χ1) is 12.5. The Morgan fingerprint density at radius 3 is 2.69 bits per heavy atom. The molecule has 3 atom stereocenters. The number of pyridine rings is 1. The van der Waals surface area contributed by atoms with Gasteiger partial charge in [-0.1, -0.05) is 24.8 Å². The van der Waals surface area contributed by atoms with Gasteiger partial charge in [0.2, 0.25) is 0 Å². The predicted molar refractivity (Wildman–Crippen MR) is 110 cm³/mol. The number of nitrogens with zero attached hydrogens (tertiary/aromatic N) is 4. The molecule has 0 N–H and O–H groups in total. The second-order valence-corrected chi connectivity index (χ2v) is 8.61. The lowest BCUT2D eigenvalue weighted by molar-refractivity contribution is 0.254. The summed E-state index contributed by atoms with van der Waals surface area (Å²) in [5.74, 6) is 1.14. The number of aromatic nitrogens is 2. The lowest BCUT2D eigenvalue weighted by Crippen LogP contribution is -2.35. The van der Waals surface area contributed by atoms with Crippen LogP contribution in [0.2, 0.25) is 0 Å². The van der Waals surface area contributed by atoms with Crippen LogP contribution >= 0.6 is 11.8 Å². The fraction of sp³-hybridized carbons (Fsp3) is 0.524. The zero-order valence-corrected chi connectivity index (χ0v) is 17.1. The summed E-state index contributed by atoms with van der Waals surface area (Å²) in [5.41, 5.74) is 5.18. The lowest BCUT2D eigenvalue weighted by atomic mass is 9.95. The third-order valence-electron chi connectivity index (χ3n) is 5.69. The Bertz CT molecular complexity index is 824. The van der Waals surface area contributed by atoms with Gasteiger partial charge in [-0.25, -0.2) is 0 Å². The van der Waals surface area contributed by atoms with Gasteiger partial charge in [0.1, 0.15) is 6.04 Å². The molecule has 26 heavy (non-hydrogen) atoms. The standard InChI is InChI=1S/C21H28N4S/c1-6-16-12-26-21-23-19(18-9-7-8-10-22-18)20(25(16)21)17-11-14(4)24(13(2)3)15(17)5/h7-11,13,16,19-20H,6,12H2,1-5H3/t16-,19+,20+/m1/s1. The van der Waals surface area contributed by atoms with Crippen molar-refractivity contribution in [3.8, 4) is 0 Å². The molecule has 0 aliphatic carbocycles. The van der Waals surface area contributed by atoms with Gasteiger partial charge in [-0.15, -0.1) is 0 Å². The molecule has 4 nitrogen and oxygen atoms in total. The Morgan fingerprint density at radius 2 is 2.08 bits per heavy atom. The number of hydrogen-bond acceptors (Lipinski definition) is 4. The minimum absolute atomic E-state index is 0.0779. The van der Waals surface area contributed by atoms with E-state index in [1.54, 1.807) is 0 Å². The molecule has 4 heterocycles. The molecule has 2 aliphatic rings. The summed E-state index contributed by atoms with van der Waals surface area (Å²) in [6.45, 7) is 11.3. The van der Waals surface area contributed by atoms with Crippen molar-refractivity contribution in [2.45, 2.75) is 65.2 Å². The van der Waals surface area contributed by atoms with Crippen LogP contribution in [0.15, 0.2) is 35.5 Å². The SMILES string of the molecule is CC[C@@H]1CSC2=N[C@@H](c3ccccn3)[C@H](c3cc(C)n(C(C)C)c3C)N21. The average Bonchev–Trinajstić information content (AvgIpc) is 3.27. The summed E-state index contributed by atoms with van der Waals surface area (Å²) >= 11 is 1.91. The van der Waals surface area contributed by atoms with Crippen molar-refractivity contribution in [1.29, 1.82) is 0 Å². The topological polar surface area (TPSA) is 33.4 Å². The fourth-order valence-corrected chi connectivity index (χ4v) is 5.92. The van der Waals surface area contributed by atoms with Gasteiger partial charge in [0.15, 0.2) is 5.17 Å². The van der Waals surface area contributed by atoms with E-state index in [4.69, 9.17) is 4.99 Å². The first-order valence-corrected chi connectivity index (χ1v) is 10.6. The van der Waals surface area contributed by atoms with Crippen LogP contribution in [-0.2, 0) is 0 Å². The summed E-state index contributed by atoms with van der Waals surface area (Å²) in [4.78, 5) is 12.4. The molecule has 2 aliphatic heterocycles.